The molecule has 0 saturated carbocycles. The van der Waals surface area contributed by atoms with Crippen LogP contribution in [0.3, 0.4) is 0 Å². The fraction of sp³-hybridized carbons (Fsp3) is 0.357. The third-order valence-corrected chi connectivity index (χ3v) is 2.93. The molecule has 1 aromatic carbocycles. The van der Waals surface area contributed by atoms with Crippen molar-refractivity contribution in [3.63, 3.8) is 0 Å². The first-order valence-corrected chi connectivity index (χ1v) is 5.95. The van der Waals surface area contributed by atoms with Crippen LogP contribution in [0, 0.1) is 0 Å². The van der Waals surface area contributed by atoms with Crippen LogP contribution in [0.15, 0.2) is 18.2 Å². The Hall–Kier alpha value is -2.01. The van der Waals surface area contributed by atoms with E-state index in [2.05, 4.69) is 10.3 Å². The molecule has 1 N–H and O–H groups in total. The lowest BCUT2D eigenvalue weighted by Gasteiger charge is -2.13. The number of methoxy groups -OCH3 is 3. The molecule has 2 rings (SSSR count). The Morgan fingerprint density at radius 1 is 1.05 bits per heavy atom. The minimum Gasteiger partial charge on any atom is -0.493 e. The molecule has 0 aliphatic heterocycles. The van der Waals surface area contributed by atoms with Gasteiger partial charge in [0.1, 0.15) is 0 Å². The van der Waals surface area contributed by atoms with Crippen molar-refractivity contribution in [2.24, 2.45) is 0 Å². The van der Waals surface area contributed by atoms with Crippen molar-refractivity contribution in [2.75, 3.05) is 33.7 Å². The van der Waals surface area contributed by atoms with Gasteiger partial charge in [-0.05, 0) is 12.1 Å². The monoisotopic (exact) mass is 262 g/mol. The van der Waals surface area contributed by atoms with Crippen LogP contribution in [-0.4, -0.2) is 33.4 Å². The van der Waals surface area contributed by atoms with Crippen molar-refractivity contribution in [1.82, 2.24) is 4.98 Å². The zero-order valence-electron chi connectivity index (χ0n) is 11.6. The van der Waals surface area contributed by atoms with E-state index in [9.17, 15) is 0 Å². The minimum absolute atomic E-state index is 0.471. The number of anilines is 1. The summed E-state index contributed by atoms with van der Waals surface area (Å²) in [5.74, 6) is 1.35. The Morgan fingerprint density at radius 3 is 2.32 bits per heavy atom. The van der Waals surface area contributed by atoms with Gasteiger partial charge in [0.25, 0.3) is 0 Å². The van der Waals surface area contributed by atoms with Gasteiger partial charge in [-0.2, -0.15) is 0 Å². The molecule has 0 radical (unpaired) electrons. The molecule has 0 atom stereocenters. The molecule has 0 unspecified atom stereocenters. The molecule has 5 heteroatoms. The summed E-state index contributed by atoms with van der Waals surface area (Å²) >= 11 is 0. The standard InChI is InChI=1S/C14H18N2O3/c1-15-11-5-9(8-17-2)16-12-7-14(19-4)13(18-3)6-10(11)12/h5-7H,8H2,1-4H3,(H,15,16). The van der Waals surface area contributed by atoms with E-state index in [0.717, 1.165) is 22.3 Å². The number of pyridine rings is 1. The van der Waals surface area contributed by atoms with Crippen molar-refractivity contribution in [1.29, 1.82) is 0 Å². The number of aromatic nitrogens is 1. The summed E-state index contributed by atoms with van der Waals surface area (Å²) in [6, 6.07) is 5.76. The fourth-order valence-electron chi connectivity index (χ4n) is 2.04. The van der Waals surface area contributed by atoms with Crippen molar-refractivity contribution in [3.05, 3.63) is 23.9 Å². The number of nitrogens with zero attached hydrogens (tertiary/aromatic N) is 1. The highest BCUT2D eigenvalue weighted by Crippen LogP contribution is 2.34. The summed E-state index contributed by atoms with van der Waals surface area (Å²) in [5, 5.41) is 4.15. The van der Waals surface area contributed by atoms with Gasteiger partial charge in [-0.3, -0.25) is 4.98 Å². The van der Waals surface area contributed by atoms with Crippen molar-refractivity contribution >= 4 is 16.6 Å². The Bertz CT molecular complexity index is 584. The number of fused-ring (bicyclic) bond motifs is 1. The third-order valence-electron chi connectivity index (χ3n) is 2.93. The zero-order valence-corrected chi connectivity index (χ0v) is 11.6. The van der Waals surface area contributed by atoms with Crippen LogP contribution in [0.1, 0.15) is 5.69 Å². The molecule has 0 fully saturated rings. The van der Waals surface area contributed by atoms with Gasteiger partial charge in [-0.15, -0.1) is 0 Å². The van der Waals surface area contributed by atoms with Crippen LogP contribution in [0.4, 0.5) is 5.69 Å². The number of rotatable bonds is 5. The molecule has 5 nitrogen and oxygen atoms in total. The van der Waals surface area contributed by atoms with E-state index in [-0.39, 0.29) is 0 Å². The van der Waals surface area contributed by atoms with Crippen LogP contribution in [0.25, 0.3) is 10.9 Å². The summed E-state index contributed by atoms with van der Waals surface area (Å²) in [5.41, 5.74) is 2.70. The zero-order chi connectivity index (χ0) is 13.8. The molecular formula is C14H18N2O3. The highest BCUT2D eigenvalue weighted by atomic mass is 16.5. The Balaban J connectivity index is 2.67. The highest BCUT2D eigenvalue weighted by molar-refractivity contribution is 5.93. The van der Waals surface area contributed by atoms with E-state index < -0.39 is 0 Å². The number of hydrogen-bond acceptors (Lipinski definition) is 5. The lowest BCUT2D eigenvalue weighted by atomic mass is 10.1. The van der Waals surface area contributed by atoms with Gasteiger partial charge in [-0.1, -0.05) is 0 Å². The lowest BCUT2D eigenvalue weighted by molar-refractivity contribution is 0.182. The summed E-state index contributed by atoms with van der Waals surface area (Å²) in [7, 11) is 6.76. The molecule has 0 saturated heterocycles. The van der Waals surface area contributed by atoms with Crippen LogP contribution in [0.2, 0.25) is 0 Å². The Kier molecular flexibility index (Phi) is 4.06. The molecule has 102 valence electrons. The molecule has 2 aromatic rings. The van der Waals surface area contributed by atoms with E-state index >= 15 is 0 Å². The number of nitrogens with one attached hydrogen (secondary N) is 1. The summed E-state index contributed by atoms with van der Waals surface area (Å²) in [6.45, 7) is 0.471. The Labute approximate surface area is 112 Å². The van der Waals surface area contributed by atoms with Gasteiger partial charge >= 0.3 is 0 Å². The first-order chi connectivity index (χ1) is 9.23. The molecule has 19 heavy (non-hydrogen) atoms. The second-order valence-corrected chi connectivity index (χ2v) is 4.07. The van der Waals surface area contributed by atoms with E-state index in [1.54, 1.807) is 21.3 Å². The van der Waals surface area contributed by atoms with Gasteiger partial charge in [0.15, 0.2) is 11.5 Å². The second-order valence-electron chi connectivity index (χ2n) is 4.07. The molecule has 0 spiro atoms. The fourth-order valence-corrected chi connectivity index (χ4v) is 2.04. The molecular weight excluding hydrogens is 244 g/mol. The topological polar surface area (TPSA) is 52.6 Å². The maximum atomic E-state index is 5.32. The van der Waals surface area contributed by atoms with Crippen LogP contribution in [-0.2, 0) is 11.3 Å². The van der Waals surface area contributed by atoms with Crippen LogP contribution in [0.5, 0.6) is 11.5 Å². The summed E-state index contributed by atoms with van der Waals surface area (Å²) in [4.78, 5) is 4.56. The van der Waals surface area contributed by atoms with E-state index in [1.165, 1.54) is 0 Å². The average Bonchev–Trinajstić information content (AvgIpc) is 2.45. The third kappa shape index (κ3) is 2.56. The van der Waals surface area contributed by atoms with Gasteiger partial charge in [0.2, 0.25) is 0 Å². The molecule has 0 bridgehead atoms. The average molecular weight is 262 g/mol. The predicted octanol–water partition coefficient (Wildman–Crippen LogP) is 2.44. The largest absolute Gasteiger partial charge is 0.493 e. The van der Waals surface area contributed by atoms with Gasteiger partial charge in [-0.25, -0.2) is 0 Å². The van der Waals surface area contributed by atoms with E-state index in [4.69, 9.17) is 14.2 Å². The normalized spacial score (nSPS) is 10.5. The SMILES string of the molecule is CNc1cc(COC)nc2cc(OC)c(OC)cc12. The minimum atomic E-state index is 0.471. The molecule has 1 heterocycles. The highest BCUT2D eigenvalue weighted by Gasteiger charge is 2.11. The first kappa shape index (κ1) is 13.4. The van der Waals surface area contributed by atoms with Crippen molar-refractivity contribution < 1.29 is 14.2 Å². The summed E-state index contributed by atoms with van der Waals surface area (Å²) < 4.78 is 15.7. The lowest BCUT2D eigenvalue weighted by Crippen LogP contribution is -1.99. The van der Waals surface area contributed by atoms with Gasteiger partial charge in [0, 0.05) is 31.3 Å². The molecule has 0 aliphatic rings. The van der Waals surface area contributed by atoms with E-state index in [1.807, 2.05) is 25.2 Å². The first-order valence-electron chi connectivity index (χ1n) is 5.95. The molecule has 0 amide bonds. The summed E-state index contributed by atoms with van der Waals surface area (Å²) in [6.07, 6.45) is 0. The smallest absolute Gasteiger partial charge is 0.162 e. The predicted molar refractivity (Wildman–Crippen MR) is 75.1 cm³/mol. The van der Waals surface area contributed by atoms with Crippen molar-refractivity contribution in [3.8, 4) is 11.5 Å². The van der Waals surface area contributed by atoms with Crippen molar-refractivity contribution in [2.45, 2.75) is 6.61 Å². The molecule has 1 aromatic heterocycles. The van der Waals surface area contributed by atoms with E-state index in [0.29, 0.717) is 18.1 Å². The molecule has 0 aliphatic carbocycles. The number of hydrogen-bond donors (Lipinski definition) is 1. The number of ether oxygens (including phenoxy) is 3. The number of benzene rings is 1. The van der Waals surface area contributed by atoms with Crippen LogP contribution < -0.4 is 14.8 Å². The maximum absolute atomic E-state index is 5.32. The quantitative estimate of drug-likeness (QED) is 0.897. The maximum Gasteiger partial charge on any atom is 0.162 e. The second kappa shape index (κ2) is 5.75. The van der Waals surface area contributed by atoms with Gasteiger partial charge in [0.05, 0.1) is 32.0 Å². The van der Waals surface area contributed by atoms with Gasteiger partial charge < -0.3 is 19.5 Å². The Morgan fingerprint density at radius 2 is 1.74 bits per heavy atom. The van der Waals surface area contributed by atoms with Crippen LogP contribution >= 0.6 is 0 Å².